The van der Waals surface area contributed by atoms with Crippen molar-refractivity contribution in [1.82, 2.24) is 15.1 Å². The number of carbonyl (C=O) groups excluding carboxylic acids is 1. The van der Waals surface area contributed by atoms with Crippen molar-refractivity contribution in [2.45, 2.75) is 25.9 Å². The Morgan fingerprint density at radius 3 is 2.59 bits per heavy atom. The van der Waals surface area contributed by atoms with Crippen LogP contribution in [0.25, 0.3) is 16.6 Å². The van der Waals surface area contributed by atoms with Crippen molar-refractivity contribution in [3.8, 4) is 5.69 Å². The smallest absolute Gasteiger partial charge is 0.252 e. The Bertz CT molecular complexity index is 1290. The van der Waals surface area contributed by atoms with Crippen molar-refractivity contribution in [1.29, 1.82) is 0 Å². The minimum atomic E-state index is -1.40. The van der Waals surface area contributed by atoms with Crippen LogP contribution in [0.4, 0.5) is 4.39 Å². The Labute approximate surface area is 196 Å². The first kappa shape index (κ1) is 22.3. The molecule has 0 saturated heterocycles. The molecule has 4 rings (SSSR count). The van der Waals surface area contributed by atoms with Crippen LogP contribution >= 0.6 is 23.2 Å². The summed E-state index contributed by atoms with van der Waals surface area (Å²) in [6, 6.07) is 18.1. The maximum Gasteiger partial charge on any atom is 0.252 e. The van der Waals surface area contributed by atoms with Crippen molar-refractivity contribution in [2.24, 2.45) is 0 Å². The number of alkyl halides is 1. The summed E-state index contributed by atoms with van der Waals surface area (Å²) >= 11 is 12.2. The van der Waals surface area contributed by atoms with Gasteiger partial charge in [0.2, 0.25) is 0 Å². The number of aromatic nitrogens is 2. The van der Waals surface area contributed by atoms with Gasteiger partial charge in [-0.2, -0.15) is 5.10 Å². The molecule has 1 amide bonds. The van der Waals surface area contributed by atoms with E-state index in [9.17, 15) is 9.18 Å². The second-order valence-electron chi connectivity index (χ2n) is 8.07. The summed E-state index contributed by atoms with van der Waals surface area (Å²) in [5.41, 5.74) is 2.27. The number of rotatable bonds is 6. The Balaban J connectivity index is 1.51. The third-order valence-corrected chi connectivity index (χ3v) is 6.06. The van der Waals surface area contributed by atoms with Crippen molar-refractivity contribution >= 4 is 40.0 Å². The van der Waals surface area contributed by atoms with Gasteiger partial charge < -0.3 is 5.32 Å². The summed E-state index contributed by atoms with van der Waals surface area (Å²) in [6.45, 7) is 3.51. The standard InChI is InChI=1S/C25H22Cl2FN3O/c1-25(2,28)17-6-3-5-16(13-17)11-12-29-24(32)19-7-4-8-23-20(19)15-30-31(23)18-9-10-21(26)22(27)14-18/h3-10,13-15H,11-12H2,1-2H3,(H,29,32). The van der Waals surface area contributed by atoms with E-state index in [1.54, 1.807) is 35.1 Å². The summed E-state index contributed by atoms with van der Waals surface area (Å²) in [5, 5.41) is 9.03. The Hall–Kier alpha value is -2.89. The van der Waals surface area contributed by atoms with Crippen molar-refractivity contribution in [3.63, 3.8) is 0 Å². The van der Waals surface area contributed by atoms with Gasteiger partial charge in [0.25, 0.3) is 5.91 Å². The number of halogens is 3. The van der Waals surface area contributed by atoms with E-state index in [0.717, 1.165) is 22.2 Å². The fraction of sp³-hybridized carbons (Fsp3) is 0.200. The highest BCUT2D eigenvalue weighted by Crippen LogP contribution is 2.28. The van der Waals surface area contributed by atoms with Crippen LogP contribution in [0.5, 0.6) is 0 Å². The molecule has 3 aromatic carbocycles. The molecular weight excluding hydrogens is 448 g/mol. The van der Waals surface area contributed by atoms with E-state index < -0.39 is 5.67 Å². The molecule has 0 atom stereocenters. The predicted octanol–water partition coefficient (Wildman–Crippen LogP) is 6.51. The van der Waals surface area contributed by atoms with Crippen molar-refractivity contribution in [3.05, 3.63) is 93.6 Å². The van der Waals surface area contributed by atoms with Gasteiger partial charge in [0, 0.05) is 11.9 Å². The normalized spacial score (nSPS) is 11.7. The highest BCUT2D eigenvalue weighted by Gasteiger charge is 2.19. The first-order valence-electron chi connectivity index (χ1n) is 10.2. The molecule has 0 radical (unpaired) electrons. The highest BCUT2D eigenvalue weighted by molar-refractivity contribution is 6.42. The lowest BCUT2D eigenvalue weighted by Crippen LogP contribution is -2.26. The molecule has 0 aliphatic carbocycles. The second-order valence-corrected chi connectivity index (χ2v) is 8.89. The monoisotopic (exact) mass is 469 g/mol. The number of benzene rings is 3. The first-order chi connectivity index (χ1) is 15.2. The van der Waals surface area contributed by atoms with Gasteiger partial charge >= 0.3 is 0 Å². The average Bonchev–Trinajstić information content (AvgIpc) is 3.19. The lowest BCUT2D eigenvalue weighted by atomic mass is 9.97. The quantitative estimate of drug-likeness (QED) is 0.349. The van der Waals surface area contributed by atoms with Crippen LogP contribution in [0, 0.1) is 0 Å². The number of hydrogen-bond acceptors (Lipinski definition) is 2. The molecule has 4 aromatic rings. The third-order valence-electron chi connectivity index (χ3n) is 5.32. The van der Waals surface area contributed by atoms with Gasteiger partial charge in [-0.1, -0.05) is 53.5 Å². The van der Waals surface area contributed by atoms with Gasteiger partial charge in [-0.3, -0.25) is 4.79 Å². The number of hydrogen-bond donors (Lipinski definition) is 1. The zero-order valence-corrected chi connectivity index (χ0v) is 19.2. The van der Waals surface area contributed by atoms with E-state index in [4.69, 9.17) is 23.2 Å². The van der Waals surface area contributed by atoms with Crippen LogP contribution in [0.2, 0.25) is 10.0 Å². The molecule has 0 aliphatic heterocycles. The molecule has 164 valence electrons. The maximum atomic E-state index is 14.2. The van der Waals surface area contributed by atoms with E-state index >= 15 is 0 Å². The van der Waals surface area contributed by atoms with Crippen LogP contribution in [-0.2, 0) is 12.1 Å². The highest BCUT2D eigenvalue weighted by atomic mass is 35.5. The molecule has 4 nitrogen and oxygen atoms in total. The summed E-state index contributed by atoms with van der Waals surface area (Å²) in [6.07, 6.45) is 2.27. The first-order valence-corrected chi connectivity index (χ1v) is 11.0. The number of carbonyl (C=O) groups is 1. The Morgan fingerprint density at radius 2 is 1.84 bits per heavy atom. The van der Waals surface area contributed by atoms with Crippen LogP contribution in [0.3, 0.4) is 0 Å². The molecule has 0 aliphatic rings. The largest absolute Gasteiger partial charge is 0.352 e. The van der Waals surface area contributed by atoms with Gasteiger partial charge in [-0.05, 0) is 61.7 Å². The van der Waals surface area contributed by atoms with Gasteiger partial charge in [0.15, 0.2) is 0 Å². The van der Waals surface area contributed by atoms with E-state index in [0.29, 0.717) is 34.1 Å². The second kappa shape index (κ2) is 8.93. The molecular formula is C25H22Cl2FN3O. The molecule has 0 bridgehead atoms. The summed E-state index contributed by atoms with van der Waals surface area (Å²) in [4.78, 5) is 12.9. The van der Waals surface area contributed by atoms with Crippen LogP contribution in [0.1, 0.15) is 35.3 Å². The van der Waals surface area contributed by atoms with Gasteiger partial charge in [0.1, 0.15) is 5.67 Å². The Morgan fingerprint density at radius 1 is 1.06 bits per heavy atom. The molecule has 7 heteroatoms. The molecule has 0 unspecified atom stereocenters. The van der Waals surface area contributed by atoms with E-state index in [2.05, 4.69) is 10.4 Å². The van der Waals surface area contributed by atoms with E-state index in [1.165, 1.54) is 13.8 Å². The zero-order valence-electron chi connectivity index (χ0n) is 17.7. The van der Waals surface area contributed by atoms with E-state index in [-0.39, 0.29) is 5.91 Å². The topological polar surface area (TPSA) is 46.9 Å². The number of nitrogens with one attached hydrogen (secondary N) is 1. The lowest BCUT2D eigenvalue weighted by Gasteiger charge is -2.15. The van der Waals surface area contributed by atoms with E-state index in [1.807, 2.05) is 36.4 Å². The molecule has 32 heavy (non-hydrogen) atoms. The fourth-order valence-corrected chi connectivity index (χ4v) is 3.88. The fourth-order valence-electron chi connectivity index (χ4n) is 3.58. The average molecular weight is 470 g/mol. The molecule has 1 N–H and O–H groups in total. The number of nitrogens with zero attached hydrogens (tertiary/aromatic N) is 2. The Kier molecular flexibility index (Phi) is 6.22. The summed E-state index contributed by atoms with van der Waals surface area (Å²) in [7, 11) is 0. The maximum absolute atomic E-state index is 14.2. The lowest BCUT2D eigenvalue weighted by molar-refractivity contribution is 0.0955. The van der Waals surface area contributed by atoms with Crippen molar-refractivity contribution in [2.75, 3.05) is 6.54 Å². The van der Waals surface area contributed by atoms with Crippen LogP contribution in [0.15, 0.2) is 66.9 Å². The number of fused-ring (bicyclic) bond motifs is 1. The molecule has 0 fully saturated rings. The number of amides is 1. The minimum absolute atomic E-state index is 0.189. The molecule has 1 heterocycles. The third kappa shape index (κ3) is 4.64. The molecule has 1 aromatic heterocycles. The summed E-state index contributed by atoms with van der Waals surface area (Å²) in [5.74, 6) is -0.189. The van der Waals surface area contributed by atoms with Crippen LogP contribution < -0.4 is 5.32 Å². The SMILES string of the molecule is CC(C)(F)c1cccc(CCNC(=O)c2cccc3c2cnn3-c2ccc(Cl)c(Cl)c2)c1. The zero-order chi connectivity index (χ0) is 22.9. The molecule has 0 spiro atoms. The van der Waals surface area contributed by atoms with Crippen LogP contribution in [-0.4, -0.2) is 22.2 Å². The molecule has 0 saturated carbocycles. The van der Waals surface area contributed by atoms with Gasteiger partial charge in [-0.15, -0.1) is 0 Å². The van der Waals surface area contributed by atoms with Gasteiger partial charge in [-0.25, -0.2) is 9.07 Å². The summed E-state index contributed by atoms with van der Waals surface area (Å²) < 4.78 is 15.9. The van der Waals surface area contributed by atoms with Crippen molar-refractivity contribution < 1.29 is 9.18 Å². The van der Waals surface area contributed by atoms with Gasteiger partial charge in [0.05, 0.1) is 33.0 Å². The minimum Gasteiger partial charge on any atom is -0.352 e. The predicted molar refractivity (Wildman–Crippen MR) is 128 cm³/mol.